The monoisotopic (exact) mass is 924 g/mol. The molecule has 0 unspecified atom stereocenters. The van der Waals surface area contributed by atoms with Gasteiger partial charge in [-0.15, -0.1) is 0 Å². The number of hydrogen-bond acceptors (Lipinski definition) is 15. The number of phenols is 1. The number of rotatable bonds is 5. The summed E-state index contributed by atoms with van der Waals surface area (Å²) in [5, 5.41) is 37.8. The van der Waals surface area contributed by atoms with Crippen LogP contribution in [0.1, 0.15) is 80.2 Å². The summed E-state index contributed by atoms with van der Waals surface area (Å²) in [5.41, 5.74) is -1.09. The molecular weight excluding hydrogens is 861 g/mol. The first-order valence-electron chi connectivity index (χ1n) is 23.1. The Kier molecular flexibility index (Phi) is 14.1. The van der Waals surface area contributed by atoms with Gasteiger partial charge in [-0.05, 0) is 64.6 Å². The molecule has 0 aliphatic carbocycles. The number of nitrogens with one attached hydrogen (secondary N) is 1. The number of fused-ring (bicyclic) bond motifs is 5. The Bertz CT molecular complexity index is 2860. The molecule has 360 valence electrons. The number of esters is 1. The second-order valence-electron chi connectivity index (χ2n) is 18.8. The molecule has 16 nitrogen and oxygen atoms in total. The minimum absolute atomic E-state index is 0.0189. The molecule has 1 amide bonds. The van der Waals surface area contributed by atoms with Crippen LogP contribution >= 0.6 is 0 Å². The van der Waals surface area contributed by atoms with Crippen LogP contribution in [0, 0.1) is 30.6 Å². The lowest BCUT2D eigenvalue weighted by Crippen LogP contribution is -2.43. The zero-order valence-electron chi connectivity index (χ0n) is 40.3. The van der Waals surface area contributed by atoms with E-state index in [1.54, 1.807) is 37.3 Å². The Balaban J connectivity index is 1.46. The highest BCUT2D eigenvalue weighted by Crippen LogP contribution is 2.42. The lowest BCUT2D eigenvalue weighted by atomic mass is 9.80. The number of aromatic nitrogens is 1. The number of hydrogen-bond donors (Lipinski definition) is 4. The Morgan fingerprint density at radius 3 is 2.39 bits per heavy atom. The average molecular weight is 925 g/mol. The molecule has 1 fully saturated rings. The fourth-order valence-electron chi connectivity index (χ4n) is 9.95. The van der Waals surface area contributed by atoms with E-state index in [4.69, 9.17) is 28.3 Å². The van der Waals surface area contributed by atoms with Crippen LogP contribution in [0.25, 0.3) is 38.7 Å². The summed E-state index contributed by atoms with van der Waals surface area (Å²) in [6.45, 7) is 17.9. The van der Waals surface area contributed by atoms with Crippen molar-refractivity contribution in [1.29, 1.82) is 0 Å². The van der Waals surface area contributed by atoms with Gasteiger partial charge in [0.2, 0.25) is 10.9 Å². The molecule has 0 spiro atoms. The van der Waals surface area contributed by atoms with Crippen LogP contribution in [0.4, 0.5) is 11.4 Å². The Labute approximate surface area is 389 Å². The number of benzene rings is 3. The van der Waals surface area contributed by atoms with Crippen LogP contribution in [-0.4, -0.2) is 101 Å². The van der Waals surface area contributed by atoms with E-state index in [2.05, 4.69) is 29.1 Å². The van der Waals surface area contributed by atoms with Crippen LogP contribution in [-0.2, 0) is 23.8 Å². The predicted octanol–water partition coefficient (Wildman–Crippen LogP) is 6.51. The number of aliphatic hydroxyl groups is 2. The summed E-state index contributed by atoms with van der Waals surface area (Å²) in [4.78, 5) is 64.6. The molecular formula is C51H64N4O12. The number of allylic oxidation sites excluding steroid dienone is 2. The highest BCUT2D eigenvalue weighted by molar-refractivity contribution is 6.16. The van der Waals surface area contributed by atoms with Gasteiger partial charge in [0.15, 0.2) is 22.4 Å². The largest absolute Gasteiger partial charge is 0.507 e. The maximum Gasteiger partial charge on any atom is 0.307 e. The molecule has 8 atom stereocenters. The summed E-state index contributed by atoms with van der Waals surface area (Å²) < 4.78 is 30.8. The van der Waals surface area contributed by atoms with Gasteiger partial charge < -0.3 is 53.8 Å². The quantitative estimate of drug-likeness (QED) is 0.0955. The third kappa shape index (κ3) is 9.23. The van der Waals surface area contributed by atoms with Crippen molar-refractivity contribution in [2.45, 2.75) is 112 Å². The number of phenolic OH excluding ortho intramolecular Hbond substituents is 1. The van der Waals surface area contributed by atoms with E-state index in [1.165, 1.54) is 40.2 Å². The first kappa shape index (κ1) is 48.9. The lowest BCUT2D eigenvalue weighted by molar-refractivity contribution is -0.155. The lowest BCUT2D eigenvalue weighted by Gasteiger charge is -2.37. The summed E-state index contributed by atoms with van der Waals surface area (Å²) in [5.74, 6) is -5.33. The first-order valence-corrected chi connectivity index (χ1v) is 23.1. The third-order valence-corrected chi connectivity index (χ3v) is 14.1. The summed E-state index contributed by atoms with van der Waals surface area (Å²) in [6, 6.07) is 3.60. The zero-order valence-corrected chi connectivity index (χ0v) is 40.3. The fourth-order valence-corrected chi connectivity index (χ4v) is 9.95. The highest BCUT2D eigenvalue weighted by Gasteiger charge is 2.44. The SMILES string of the molecule is CCN(C)C1CCN(c2cc(=O)c3nc4c(oc3c2)c2c(=O)c3c(O)c(C)c5c(c34)=C(O)[C@@](C)(O/C=C/[C@H](OC)[C@@H](C)[C@@H](OC(C)=O)[C@H](C)C[C@H](C)[C@@H](O)[C@@H](C)/C=C/C=C(/C)C(=O)N2)O5)CC1. The number of methoxy groups -OCH3 is 1. The van der Waals surface area contributed by atoms with Crippen molar-refractivity contribution in [3.63, 3.8) is 0 Å². The number of amides is 1. The minimum Gasteiger partial charge on any atom is -0.507 e. The zero-order chi connectivity index (χ0) is 48.8. The second-order valence-corrected chi connectivity index (χ2v) is 18.8. The molecule has 4 aromatic rings. The number of anilines is 2. The van der Waals surface area contributed by atoms with Gasteiger partial charge in [0.1, 0.15) is 28.8 Å². The maximum atomic E-state index is 14.9. The van der Waals surface area contributed by atoms with Crippen LogP contribution < -0.4 is 31.0 Å². The van der Waals surface area contributed by atoms with Crippen molar-refractivity contribution < 1.29 is 48.3 Å². The summed E-state index contributed by atoms with van der Waals surface area (Å²) in [7, 11) is 3.61. The second kappa shape index (κ2) is 19.3. The molecule has 7 rings (SSSR count). The number of piperidine rings is 1. The van der Waals surface area contributed by atoms with Gasteiger partial charge in [-0.25, -0.2) is 4.98 Å². The van der Waals surface area contributed by atoms with E-state index in [9.17, 15) is 34.5 Å². The molecule has 1 saturated heterocycles. The molecule has 3 aromatic carbocycles. The van der Waals surface area contributed by atoms with E-state index in [0.717, 1.165) is 19.4 Å². The molecule has 1 aromatic heterocycles. The maximum absolute atomic E-state index is 14.9. The third-order valence-electron chi connectivity index (χ3n) is 14.1. The van der Waals surface area contributed by atoms with Crippen molar-refractivity contribution in [2.24, 2.45) is 23.7 Å². The molecule has 5 bridgehead atoms. The minimum atomic E-state index is -1.94. The van der Waals surface area contributed by atoms with Gasteiger partial charge in [0, 0.05) is 86.3 Å². The van der Waals surface area contributed by atoms with Crippen molar-refractivity contribution in [3.8, 4) is 11.5 Å². The highest BCUT2D eigenvalue weighted by atomic mass is 16.7. The van der Waals surface area contributed by atoms with Crippen LogP contribution in [0.3, 0.4) is 0 Å². The molecule has 0 radical (unpaired) electrons. The first-order chi connectivity index (χ1) is 31.7. The fraction of sp³-hybridized carbons (Fsp3) is 0.510. The number of aliphatic hydroxyl groups excluding tert-OH is 2. The van der Waals surface area contributed by atoms with E-state index in [0.29, 0.717) is 31.2 Å². The molecule has 4 heterocycles. The molecule has 4 N–H and O–H groups in total. The average Bonchev–Trinajstić information content (AvgIpc) is 3.56. The van der Waals surface area contributed by atoms with Gasteiger partial charge >= 0.3 is 11.8 Å². The molecule has 16 heteroatoms. The standard InChI is InChI=1S/C51H64N4O12/c1-12-54(10)32-16-19-55(20-17-32)33-23-34(57)40-36(24-33)66-48-41(52-40)37-38-44(59)30(7)47-39(37)49(61)51(9,67-47)64-21-18-35(63-11)29(6)46(65-31(8)56)28(5)22-27(4)43(58)25(2)14-13-15-26(3)50(62)53-42(48)45(38)60/h13-15,18,21,23-25,27-29,32,35,43,46,58-59,61H,12,16-17,19-20,22H2,1-11H3,(H,53,62)/b14-13+,21-18+,26-15-/t25-,27-,28+,29+,35-,43-,46-,51-/m0/s1. The van der Waals surface area contributed by atoms with Gasteiger partial charge in [0.05, 0.1) is 29.1 Å². The van der Waals surface area contributed by atoms with E-state index in [1.807, 2.05) is 27.7 Å². The molecule has 0 saturated carbocycles. The van der Waals surface area contributed by atoms with Crippen LogP contribution in [0.15, 0.2) is 62.3 Å². The van der Waals surface area contributed by atoms with E-state index >= 15 is 0 Å². The van der Waals surface area contributed by atoms with Gasteiger partial charge in [-0.1, -0.05) is 52.8 Å². The number of carbonyl (C=O) groups excluding carboxylic acids is 2. The molecule has 3 aliphatic heterocycles. The number of aromatic hydroxyl groups is 1. The smallest absolute Gasteiger partial charge is 0.307 e. The summed E-state index contributed by atoms with van der Waals surface area (Å²) in [6.07, 6.45) is 8.05. The normalized spacial score (nSPS) is 28.6. The predicted molar refractivity (Wildman–Crippen MR) is 257 cm³/mol. The van der Waals surface area contributed by atoms with Gasteiger partial charge in [0.25, 0.3) is 5.91 Å². The van der Waals surface area contributed by atoms with Crippen molar-refractivity contribution in [1.82, 2.24) is 9.88 Å². The topological polar surface area (TPSA) is 210 Å². The Morgan fingerprint density at radius 2 is 1.73 bits per heavy atom. The number of ether oxygens (including phenoxy) is 4. The summed E-state index contributed by atoms with van der Waals surface area (Å²) >= 11 is 0. The van der Waals surface area contributed by atoms with Crippen molar-refractivity contribution >= 4 is 62.0 Å². The van der Waals surface area contributed by atoms with Crippen LogP contribution in [0.5, 0.6) is 11.5 Å². The number of nitrogens with zero attached hydrogens (tertiary/aromatic N) is 3. The Hall–Kier alpha value is -5.97. The Morgan fingerprint density at radius 1 is 1.03 bits per heavy atom. The van der Waals surface area contributed by atoms with Crippen molar-refractivity contribution in [2.75, 3.05) is 44.0 Å². The molecule has 3 aliphatic rings. The van der Waals surface area contributed by atoms with E-state index in [-0.39, 0.29) is 78.5 Å². The van der Waals surface area contributed by atoms with Crippen LogP contribution in [0.2, 0.25) is 0 Å². The van der Waals surface area contributed by atoms with Gasteiger partial charge in [-0.2, -0.15) is 0 Å². The number of carbonyl (C=O) groups is 2. The van der Waals surface area contributed by atoms with Gasteiger partial charge in [-0.3, -0.25) is 19.2 Å². The van der Waals surface area contributed by atoms with Crippen molar-refractivity contribution in [3.05, 3.63) is 79.5 Å². The van der Waals surface area contributed by atoms with E-state index < -0.39 is 64.3 Å². The molecule has 67 heavy (non-hydrogen) atoms.